The van der Waals surface area contributed by atoms with Crippen molar-refractivity contribution in [1.82, 2.24) is 9.55 Å². The van der Waals surface area contributed by atoms with E-state index in [1.165, 1.54) is 0 Å². The minimum absolute atomic E-state index is 0.543. The number of aromatic nitrogens is 2. The number of fused-ring (bicyclic) bond motifs is 1. The molecule has 0 aromatic carbocycles. The van der Waals surface area contributed by atoms with E-state index in [-0.39, 0.29) is 0 Å². The van der Waals surface area contributed by atoms with Crippen molar-refractivity contribution in [2.45, 2.75) is 6.92 Å². The number of hydrogen-bond donors (Lipinski definition) is 0. The molecule has 0 aliphatic rings. The molecule has 0 saturated carbocycles. The molecule has 0 saturated heterocycles. The van der Waals surface area contributed by atoms with Gasteiger partial charge in [0.15, 0.2) is 0 Å². The van der Waals surface area contributed by atoms with Crippen LogP contribution in [0.3, 0.4) is 0 Å². The molecule has 0 spiro atoms. The predicted octanol–water partition coefficient (Wildman–Crippen LogP) is 1.58. The third kappa shape index (κ3) is 1.77. The summed E-state index contributed by atoms with van der Waals surface area (Å²) in [6, 6.07) is 5.61. The molecule has 4 nitrogen and oxygen atoms in total. The molecule has 2 rings (SSSR count). The fourth-order valence-corrected chi connectivity index (χ4v) is 1.57. The number of allylic oxidation sites excluding steroid dienone is 1. The van der Waals surface area contributed by atoms with Gasteiger partial charge in [0.05, 0.1) is 5.52 Å². The van der Waals surface area contributed by atoms with Gasteiger partial charge in [-0.05, 0) is 25.1 Å². The fraction of sp³-hybridized carbons (Fsp3) is 0.0833. The molecule has 0 aliphatic heterocycles. The molecule has 80 valence electrons. The van der Waals surface area contributed by atoms with E-state index in [4.69, 9.17) is 0 Å². The van der Waals surface area contributed by atoms with Crippen LogP contribution >= 0.6 is 0 Å². The first-order valence-corrected chi connectivity index (χ1v) is 4.93. The Bertz CT molecular complexity index is 611. The van der Waals surface area contributed by atoms with Gasteiger partial charge in [-0.1, -0.05) is 6.08 Å². The van der Waals surface area contributed by atoms with Gasteiger partial charge in [0.25, 0.3) is 0 Å². The number of amides is 1. The Labute approximate surface area is 92.6 Å². The number of hydrogen-bond acceptors (Lipinski definition) is 2. The highest BCUT2D eigenvalue weighted by Crippen LogP contribution is 2.04. The van der Waals surface area contributed by atoms with Crippen LogP contribution in [0.25, 0.3) is 17.1 Å². The molecule has 0 unspecified atom stereocenters. The van der Waals surface area contributed by atoms with E-state index in [1.54, 1.807) is 10.8 Å². The van der Waals surface area contributed by atoms with Crippen molar-refractivity contribution in [1.29, 1.82) is 0 Å². The fourth-order valence-electron chi connectivity index (χ4n) is 1.57. The molecule has 0 fully saturated rings. The van der Waals surface area contributed by atoms with E-state index in [0.29, 0.717) is 11.9 Å². The van der Waals surface area contributed by atoms with E-state index in [1.807, 2.05) is 43.6 Å². The van der Waals surface area contributed by atoms with Crippen LogP contribution < -0.4 is 5.49 Å². The Morgan fingerprint density at radius 1 is 1.44 bits per heavy atom. The maximum atomic E-state index is 10.5. The highest BCUT2D eigenvalue weighted by molar-refractivity contribution is 5.77. The summed E-state index contributed by atoms with van der Waals surface area (Å²) in [4.78, 5) is 18.6. The first-order chi connectivity index (χ1) is 7.86. The summed E-state index contributed by atoms with van der Waals surface area (Å²) in [6.07, 6.45) is 7.81. The number of carbonyl (C=O) groups excluding carboxylic acids is 1. The van der Waals surface area contributed by atoms with E-state index in [0.717, 1.165) is 10.9 Å². The molecular weight excluding hydrogens is 202 g/mol. The molecule has 0 bridgehead atoms. The van der Waals surface area contributed by atoms with Crippen LogP contribution in [0.15, 0.2) is 41.7 Å². The lowest BCUT2D eigenvalue weighted by atomic mass is 10.2. The molecule has 4 heteroatoms. The second-order valence-electron chi connectivity index (χ2n) is 3.20. The minimum Gasteiger partial charge on any atom is -0.308 e. The summed E-state index contributed by atoms with van der Waals surface area (Å²) in [5.41, 5.74) is 1.42. The van der Waals surface area contributed by atoms with Crippen LogP contribution in [-0.4, -0.2) is 16.0 Å². The summed E-state index contributed by atoms with van der Waals surface area (Å²) in [5, 5.41) is 0.857. The lowest BCUT2D eigenvalue weighted by molar-refractivity contribution is -0.107. The average Bonchev–Trinajstić information content (AvgIpc) is 2.32. The van der Waals surface area contributed by atoms with Gasteiger partial charge >= 0.3 is 0 Å². The van der Waals surface area contributed by atoms with Crippen LogP contribution in [0, 0.1) is 0 Å². The first kappa shape index (κ1) is 10.3. The van der Waals surface area contributed by atoms with E-state index >= 15 is 0 Å². The zero-order valence-electron chi connectivity index (χ0n) is 8.87. The number of carbonyl (C=O) groups is 1. The maximum Gasteiger partial charge on any atom is 0.234 e. The summed E-state index contributed by atoms with van der Waals surface area (Å²) in [5.74, 6) is 0. The zero-order chi connectivity index (χ0) is 11.4. The lowest BCUT2D eigenvalue weighted by Crippen LogP contribution is -2.17. The topological polar surface area (TPSA) is 47.2 Å². The second kappa shape index (κ2) is 4.53. The molecule has 16 heavy (non-hydrogen) atoms. The number of nitrogens with zero attached hydrogens (tertiary/aromatic N) is 3. The van der Waals surface area contributed by atoms with Gasteiger partial charge in [-0.2, -0.15) is 4.99 Å². The van der Waals surface area contributed by atoms with E-state index < -0.39 is 0 Å². The van der Waals surface area contributed by atoms with Crippen molar-refractivity contribution in [2.75, 3.05) is 0 Å². The molecule has 0 N–H and O–H groups in total. The first-order valence-electron chi connectivity index (χ1n) is 4.93. The number of pyridine rings is 2. The van der Waals surface area contributed by atoms with Crippen molar-refractivity contribution in [2.24, 2.45) is 4.99 Å². The summed E-state index contributed by atoms with van der Waals surface area (Å²) in [6.45, 7) is 1.91. The van der Waals surface area contributed by atoms with Crippen molar-refractivity contribution in [3.05, 3.63) is 42.2 Å². The van der Waals surface area contributed by atoms with Crippen molar-refractivity contribution in [3.8, 4) is 0 Å². The number of rotatable bonds is 2. The Morgan fingerprint density at radius 3 is 3.06 bits per heavy atom. The third-order valence-corrected chi connectivity index (χ3v) is 2.20. The standard InChI is InChI=1S/C12H11N3O/c1-2-7-15-8-5-11-10(4-3-6-13-11)12(15)14-9-16/h2-9H,1H3/b7-2-,14-12?. The monoisotopic (exact) mass is 213 g/mol. The van der Waals surface area contributed by atoms with E-state index in [2.05, 4.69) is 9.98 Å². The van der Waals surface area contributed by atoms with Crippen LogP contribution in [-0.2, 0) is 4.79 Å². The zero-order valence-corrected chi connectivity index (χ0v) is 8.87. The molecule has 0 aliphatic carbocycles. The van der Waals surface area contributed by atoms with Crippen LogP contribution in [0.2, 0.25) is 0 Å². The molecular formula is C12H11N3O. The van der Waals surface area contributed by atoms with Gasteiger partial charge < -0.3 is 4.57 Å². The Balaban J connectivity index is 2.90. The maximum absolute atomic E-state index is 10.5. The van der Waals surface area contributed by atoms with Crippen molar-refractivity contribution >= 4 is 23.5 Å². The van der Waals surface area contributed by atoms with Gasteiger partial charge in [-0.3, -0.25) is 9.78 Å². The second-order valence-corrected chi connectivity index (χ2v) is 3.20. The third-order valence-electron chi connectivity index (χ3n) is 2.20. The lowest BCUT2D eigenvalue weighted by Gasteiger charge is -2.03. The summed E-state index contributed by atoms with van der Waals surface area (Å²) < 4.78 is 1.79. The Morgan fingerprint density at radius 2 is 2.31 bits per heavy atom. The normalized spacial score (nSPS) is 12.4. The van der Waals surface area contributed by atoms with Crippen LogP contribution in [0.5, 0.6) is 0 Å². The highest BCUT2D eigenvalue weighted by atomic mass is 16.1. The quantitative estimate of drug-likeness (QED) is 0.711. The minimum atomic E-state index is 0.543. The van der Waals surface area contributed by atoms with Crippen molar-refractivity contribution in [3.63, 3.8) is 0 Å². The Hall–Kier alpha value is -2.23. The van der Waals surface area contributed by atoms with Gasteiger partial charge in [0.1, 0.15) is 5.49 Å². The predicted molar refractivity (Wildman–Crippen MR) is 62.4 cm³/mol. The summed E-state index contributed by atoms with van der Waals surface area (Å²) in [7, 11) is 0. The summed E-state index contributed by atoms with van der Waals surface area (Å²) >= 11 is 0. The molecule has 0 radical (unpaired) electrons. The average molecular weight is 213 g/mol. The van der Waals surface area contributed by atoms with Crippen LogP contribution in [0.1, 0.15) is 6.92 Å². The molecule has 0 atom stereocenters. The van der Waals surface area contributed by atoms with Gasteiger partial charge in [-0.25, -0.2) is 0 Å². The smallest absolute Gasteiger partial charge is 0.234 e. The Kier molecular flexibility index (Phi) is 2.91. The molecule has 2 aromatic heterocycles. The SMILES string of the molecule is C/C=C\n1ccc2ncccc2c1=NC=O. The van der Waals surface area contributed by atoms with Gasteiger partial charge in [0.2, 0.25) is 6.41 Å². The molecule has 2 aromatic rings. The highest BCUT2D eigenvalue weighted by Gasteiger charge is 1.98. The van der Waals surface area contributed by atoms with Crippen LogP contribution in [0.4, 0.5) is 0 Å². The molecule has 2 heterocycles. The van der Waals surface area contributed by atoms with E-state index in [9.17, 15) is 4.79 Å². The van der Waals surface area contributed by atoms with Gasteiger partial charge in [0, 0.05) is 24.0 Å². The van der Waals surface area contributed by atoms with Gasteiger partial charge in [-0.15, -0.1) is 0 Å². The molecule has 1 amide bonds. The largest absolute Gasteiger partial charge is 0.308 e. The van der Waals surface area contributed by atoms with Crippen molar-refractivity contribution < 1.29 is 4.79 Å².